The first-order chi connectivity index (χ1) is 7.59. The summed E-state index contributed by atoms with van der Waals surface area (Å²) in [5.41, 5.74) is 5.59. The Bertz CT molecular complexity index is 597. The first-order valence-corrected chi connectivity index (χ1v) is 5.47. The van der Waals surface area contributed by atoms with Gasteiger partial charge in [-0.3, -0.25) is 9.78 Å². The zero-order valence-electron chi connectivity index (χ0n) is 8.00. The smallest absolute Gasteiger partial charge is 0.266 e. The minimum absolute atomic E-state index is 0.0244. The molecule has 3 N–H and O–H groups in total. The van der Waals surface area contributed by atoms with Gasteiger partial charge in [-0.15, -0.1) is 0 Å². The van der Waals surface area contributed by atoms with Gasteiger partial charge in [-0.2, -0.15) is 0 Å². The Morgan fingerprint density at radius 2 is 2.06 bits per heavy atom. The van der Waals surface area contributed by atoms with Gasteiger partial charge in [0.15, 0.2) is 0 Å². The SMILES string of the molecule is Nc1nc(-c2ccccc2F)c(I)c(=O)[nH]1. The van der Waals surface area contributed by atoms with Crippen LogP contribution in [-0.4, -0.2) is 9.97 Å². The lowest BCUT2D eigenvalue weighted by molar-refractivity contribution is 0.630. The molecule has 4 nitrogen and oxygen atoms in total. The highest BCUT2D eigenvalue weighted by Crippen LogP contribution is 2.23. The third-order valence-electron chi connectivity index (χ3n) is 2.01. The number of nitrogens with two attached hydrogens (primary N) is 1. The fourth-order valence-electron chi connectivity index (χ4n) is 1.31. The number of nitrogens with zero attached hydrogens (tertiary/aromatic N) is 1. The molecule has 0 fully saturated rings. The van der Waals surface area contributed by atoms with Gasteiger partial charge in [0, 0.05) is 5.56 Å². The lowest BCUT2D eigenvalue weighted by atomic mass is 10.1. The summed E-state index contributed by atoms with van der Waals surface area (Å²) in [6.07, 6.45) is 0. The molecule has 0 saturated heterocycles. The molecule has 16 heavy (non-hydrogen) atoms. The number of nitrogens with one attached hydrogen (secondary N) is 1. The van der Waals surface area contributed by atoms with Crippen molar-refractivity contribution in [2.75, 3.05) is 5.73 Å². The van der Waals surface area contributed by atoms with E-state index in [2.05, 4.69) is 9.97 Å². The molecule has 0 saturated carbocycles. The maximum atomic E-state index is 13.5. The fraction of sp³-hybridized carbons (Fsp3) is 0. The number of hydrogen-bond donors (Lipinski definition) is 2. The van der Waals surface area contributed by atoms with E-state index in [0.717, 1.165) is 0 Å². The minimum atomic E-state index is -0.432. The van der Waals surface area contributed by atoms with Crippen LogP contribution in [0.3, 0.4) is 0 Å². The Hall–Kier alpha value is -1.44. The van der Waals surface area contributed by atoms with Crippen LogP contribution >= 0.6 is 22.6 Å². The predicted octanol–water partition coefficient (Wildman–Crippen LogP) is 1.76. The van der Waals surface area contributed by atoms with Crippen molar-refractivity contribution in [1.82, 2.24) is 9.97 Å². The summed E-state index contributed by atoms with van der Waals surface area (Å²) >= 11 is 1.81. The van der Waals surface area contributed by atoms with Crippen molar-refractivity contribution in [3.05, 3.63) is 44.0 Å². The van der Waals surface area contributed by atoms with Gasteiger partial charge in [0.1, 0.15) is 9.39 Å². The van der Waals surface area contributed by atoms with Crippen LogP contribution in [0, 0.1) is 9.39 Å². The van der Waals surface area contributed by atoms with Crippen LogP contribution in [0.25, 0.3) is 11.3 Å². The van der Waals surface area contributed by atoms with Crippen molar-refractivity contribution in [2.24, 2.45) is 0 Å². The number of benzene rings is 1. The molecule has 2 rings (SSSR count). The van der Waals surface area contributed by atoms with E-state index in [4.69, 9.17) is 5.73 Å². The van der Waals surface area contributed by atoms with E-state index < -0.39 is 5.82 Å². The van der Waals surface area contributed by atoms with E-state index in [1.807, 2.05) is 22.6 Å². The summed E-state index contributed by atoms with van der Waals surface area (Å²) in [6.45, 7) is 0. The molecule has 1 aromatic carbocycles. The van der Waals surface area contributed by atoms with Gasteiger partial charge in [-0.25, -0.2) is 9.37 Å². The molecule has 0 atom stereocenters. The van der Waals surface area contributed by atoms with Gasteiger partial charge in [0.2, 0.25) is 5.95 Å². The first-order valence-electron chi connectivity index (χ1n) is 4.40. The second-order valence-corrected chi connectivity index (χ2v) is 4.17. The van der Waals surface area contributed by atoms with Gasteiger partial charge < -0.3 is 5.73 Å². The van der Waals surface area contributed by atoms with Crippen LogP contribution in [0.2, 0.25) is 0 Å². The second kappa shape index (κ2) is 4.20. The number of nitrogen functional groups attached to an aromatic ring is 1. The molecule has 0 aliphatic rings. The predicted molar refractivity (Wildman–Crippen MR) is 67.4 cm³/mol. The van der Waals surface area contributed by atoms with Gasteiger partial charge in [0.05, 0.1) is 5.69 Å². The van der Waals surface area contributed by atoms with Crippen LogP contribution in [0.5, 0.6) is 0 Å². The summed E-state index contributed by atoms with van der Waals surface area (Å²) in [6, 6.07) is 6.11. The van der Waals surface area contributed by atoms with Gasteiger partial charge in [-0.1, -0.05) is 12.1 Å². The molecule has 0 spiro atoms. The van der Waals surface area contributed by atoms with E-state index in [1.54, 1.807) is 18.2 Å². The van der Waals surface area contributed by atoms with Crippen molar-refractivity contribution in [3.63, 3.8) is 0 Å². The number of hydrogen-bond acceptors (Lipinski definition) is 3. The fourth-order valence-corrected chi connectivity index (χ4v) is 1.85. The van der Waals surface area contributed by atoms with E-state index in [1.165, 1.54) is 6.07 Å². The van der Waals surface area contributed by atoms with Crippen LogP contribution in [0.1, 0.15) is 0 Å². The van der Waals surface area contributed by atoms with Crippen molar-refractivity contribution >= 4 is 28.5 Å². The zero-order valence-corrected chi connectivity index (χ0v) is 10.2. The normalized spacial score (nSPS) is 10.4. The van der Waals surface area contributed by atoms with Crippen molar-refractivity contribution in [2.45, 2.75) is 0 Å². The molecule has 2 aromatic rings. The standard InChI is InChI=1S/C10H7FIN3O/c11-6-4-2-1-3-5(6)8-7(12)9(16)15-10(13)14-8/h1-4H,(H3,13,14,15,16). The molecule has 0 aliphatic heterocycles. The number of halogens is 2. The molecule has 0 unspecified atom stereocenters. The Labute approximate surface area is 104 Å². The average molecular weight is 331 g/mol. The number of anilines is 1. The van der Waals surface area contributed by atoms with Crippen molar-refractivity contribution < 1.29 is 4.39 Å². The number of aromatic nitrogens is 2. The Kier molecular flexibility index (Phi) is 2.90. The second-order valence-electron chi connectivity index (χ2n) is 3.09. The molecule has 0 bridgehead atoms. The van der Waals surface area contributed by atoms with Gasteiger partial charge in [-0.05, 0) is 34.7 Å². The highest BCUT2D eigenvalue weighted by molar-refractivity contribution is 14.1. The molecule has 1 heterocycles. The number of H-pyrrole nitrogens is 1. The van der Waals surface area contributed by atoms with E-state index >= 15 is 0 Å². The summed E-state index contributed by atoms with van der Waals surface area (Å²) < 4.78 is 13.8. The highest BCUT2D eigenvalue weighted by Gasteiger charge is 2.13. The third kappa shape index (κ3) is 1.92. The minimum Gasteiger partial charge on any atom is -0.369 e. The summed E-state index contributed by atoms with van der Waals surface area (Å²) in [5.74, 6) is -0.457. The lowest BCUT2D eigenvalue weighted by Gasteiger charge is -2.05. The summed E-state index contributed by atoms with van der Waals surface area (Å²) in [7, 11) is 0. The third-order valence-corrected chi connectivity index (χ3v) is 3.01. The quantitative estimate of drug-likeness (QED) is 0.783. The summed E-state index contributed by atoms with van der Waals surface area (Å²) in [5, 5.41) is 0. The van der Waals surface area contributed by atoms with Crippen LogP contribution in [0.15, 0.2) is 29.1 Å². The van der Waals surface area contributed by atoms with E-state index in [9.17, 15) is 9.18 Å². The van der Waals surface area contributed by atoms with E-state index in [0.29, 0.717) is 3.57 Å². The topological polar surface area (TPSA) is 71.8 Å². The average Bonchev–Trinajstić information content (AvgIpc) is 2.24. The highest BCUT2D eigenvalue weighted by atomic mass is 127. The number of aromatic amines is 1. The maximum absolute atomic E-state index is 13.5. The maximum Gasteiger partial charge on any atom is 0.266 e. The largest absolute Gasteiger partial charge is 0.369 e. The zero-order chi connectivity index (χ0) is 11.7. The van der Waals surface area contributed by atoms with Crippen molar-refractivity contribution in [3.8, 4) is 11.3 Å². The van der Waals surface area contributed by atoms with Crippen LogP contribution < -0.4 is 11.3 Å². The molecular weight excluding hydrogens is 324 g/mol. The molecule has 0 radical (unpaired) electrons. The molecule has 0 amide bonds. The van der Waals surface area contributed by atoms with Gasteiger partial charge >= 0.3 is 0 Å². The molecular formula is C10H7FIN3O. The van der Waals surface area contributed by atoms with Crippen LogP contribution in [0.4, 0.5) is 10.3 Å². The molecule has 1 aromatic heterocycles. The first kappa shape index (κ1) is 11.1. The number of rotatable bonds is 1. The summed E-state index contributed by atoms with van der Waals surface area (Å²) in [4.78, 5) is 17.7. The Balaban J connectivity index is 2.74. The Morgan fingerprint density at radius 1 is 1.38 bits per heavy atom. The lowest BCUT2D eigenvalue weighted by Crippen LogP contribution is -2.15. The molecule has 6 heteroatoms. The molecule has 0 aliphatic carbocycles. The van der Waals surface area contributed by atoms with Crippen LogP contribution in [-0.2, 0) is 0 Å². The monoisotopic (exact) mass is 331 g/mol. The van der Waals surface area contributed by atoms with E-state index in [-0.39, 0.29) is 22.8 Å². The van der Waals surface area contributed by atoms with Gasteiger partial charge in [0.25, 0.3) is 5.56 Å². The molecule has 82 valence electrons. The Morgan fingerprint density at radius 3 is 2.75 bits per heavy atom. The van der Waals surface area contributed by atoms with Crippen molar-refractivity contribution in [1.29, 1.82) is 0 Å².